The van der Waals surface area contributed by atoms with Crippen LogP contribution in [-0.2, 0) is 27.8 Å². The average Bonchev–Trinajstić information content (AvgIpc) is 2.78. The summed E-state index contributed by atoms with van der Waals surface area (Å²) in [7, 11) is -3.87. The molecule has 166 valence electrons. The van der Waals surface area contributed by atoms with Gasteiger partial charge in [-0.3, -0.25) is 20.4 Å². The second kappa shape index (κ2) is 10.2. The molecule has 3 aromatic rings. The van der Waals surface area contributed by atoms with Crippen LogP contribution in [0.3, 0.4) is 0 Å². The Balaban J connectivity index is 1.64. The number of hydrazine groups is 1. The maximum absolute atomic E-state index is 12.9. The van der Waals surface area contributed by atoms with E-state index in [2.05, 4.69) is 15.6 Å². The molecule has 0 aromatic heterocycles. The lowest BCUT2D eigenvalue weighted by atomic mass is 10.1. The van der Waals surface area contributed by atoms with E-state index in [9.17, 15) is 22.4 Å². The van der Waals surface area contributed by atoms with Crippen molar-refractivity contribution >= 4 is 21.8 Å². The van der Waals surface area contributed by atoms with E-state index in [1.165, 1.54) is 42.5 Å². The molecular formula is C23H22FN3O4S. The molecule has 0 heterocycles. The van der Waals surface area contributed by atoms with Gasteiger partial charge in [0, 0.05) is 12.1 Å². The molecule has 0 radical (unpaired) electrons. The number of carbonyl (C=O) groups excluding carboxylic acids is 2. The summed E-state index contributed by atoms with van der Waals surface area (Å²) in [6.07, 6.45) is -0.0580. The Bertz CT molecular complexity index is 1210. The van der Waals surface area contributed by atoms with Crippen molar-refractivity contribution in [2.45, 2.75) is 24.8 Å². The Labute approximate surface area is 185 Å². The normalized spacial score (nSPS) is 11.1. The highest BCUT2D eigenvalue weighted by atomic mass is 32.2. The first-order valence-electron chi connectivity index (χ1n) is 9.72. The molecule has 0 saturated heterocycles. The summed E-state index contributed by atoms with van der Waals surface area (Å²) in [4.78, 5) is 24.4. The summed E-state index contributed by atoms with van der Waals surface area (Å²) in [6, 6.07) is 18.7. The van der Waals surface area contributed by atoms with Crippen molar-refractivity contribution in [3.63, 3.8) is 0 Å². The molecule has 0 saturated carbocycles. The quantitative estimate of drug-likeness (QED) is 0.477. The van der Waals surface area contributed by atoms with Crippen LogP contribution < -0.4 is 15.6 Å². The van der Waals surface area contributed by atoms with Crippen LogP contribution in [0.15, 0.2) is 77.7 Å². The van der Waals surface area contributed by atoms with E-state index in [-0.39, 0.29) is 23.4 Å². The molecule has 3 N–H and O–H groups in total. The van der Waals surface area contributed by atoms with Gasteiger partial charge in [0.15, 0.2) is 0 Å². The number of carbonyl (C=O) groups is 2. The minimum Gasteiger partial charge on any atom is -0.273 e. The second-order valence-electron chi connectivity index (χ2n) is 7.10. The number of rotatable bonds is 7. The molecular weight excluding hydrogens is 433 g/mol. The Morgan fingerprint density at radius 1 is 0.875 bits per heavy atom. The highest BCUT2D eigenvalue weighted by Gasteiger charge is 2.19. The van der Waals surface area contributed by atoms with Crippen molar-refractivity contribution in [2.24, 2.45) is 0 Å². The smallest absolute Gasteiger partial charge is 0.269 e. The van der Waals surface area contributed by atoms with Crippen LogP contribution in [0, 0.1) is 12.7 Å². The number of nitrogens with one attached hydrogen (secondary N) is 3. The van der Waals surface area contributed by atoms with E-state index in [4.69, 9.17) is 0 Å². The van der Waals surface area contributed by atoms with Crippen molar-refractivity contribution in [3.05, 3.63) is 101 Å². The van der Waals surface area contributed by atoms with Crippen molar-refractivity contribution in [1.29, 1.82) is 0 Å². The minimum atomic E-state index is -3.87. The molecule has 3 aromatic carbocycles. The van der Waals surface area contributed by atoms with Gasteiger partial charge in [0.2, 0.25) is 15.9 Å². The fourth-order valence-electron chi connectivity index (χ4n) is 2.91. The van der Waals surface area contributed by atoms with Crippen LogP contribution in [0.2, 0.25) is 0 Å². The number of halogens is 1. The first-order valence-corrected chi connectivity index (χ1v) is 11.2. The highest BCUT2D eigenvalue weighted by Crippen LogP contribution is 2.17. The standard InChI is InChI=1S/C23H22FN3O4S/c1-16-7-10-19(14-21(16)32(30,31)25-15-18-5-3-2-4-6-18)23(29)27-26-22(28)13-17-8-11-20(24)12-9-17/h2-12,14,25H,13,15H2,1H3,(H,26,28)(H,27,29). The van der Waals surface area contributed by atoms with Crippen molar-refractivity contribution < 1.29 is 22.4 Å². The number of hydrogen-bond donors (Lipinski definition) is 3. The number of benzene rings is 3. The van der Waals surface area contributed by atoms with Gasteiger partial charge in [-0.2, -0.15) is 0 Å². The van der Waals surface area contributed by atoms with Gasteiger partial charge in [0.25, 0.3) is 5.91 Å². The summed E-state index contributed by atoms with van der Waals surface area (Å²) in [5.74, 6) is -1.59. The lowest BCUT2D eigenvalue weighted by Crippen LogP contribution is -2.42. The highest BCUT2D eigenvalue weighted by molar-refractivity contribution is 7.89. The van der Waals surface area contributed by atoms with E-state index < -0.39 is 27.7 Å². The zero-order chi connectivity index (χ0) is 23.1. The average molecular weight is 456 g/mol. The van der Waals surface area contributed by atoms with Crippen LogP contribution in [-0.4, -0.2) is 20.2 Å². The molecule has 0 fully saturated rings. The van der Waals surface area contributed by atoms with Gasteiger partial charge in [-0.25, -0.2) is 17.5 Å². The van der Waals surface area contributed by atoms with E-state index in [0.29, 0.717) is 11.1 Å². The van der Waals surface area contributed by atoms with Crippen LogP contribution in [0.4, 0.5) is 4.39 Å². The Morgan fingerprint density at radius 3 is 2.25 bits per heavy atom. The van der Waals surface area contributed by atoms with Gasteiger partial charge < -0.3 is 0 Å². The number of aryl methyl sites for hydroxylation is 1. The van der Waals surface area contributed by atoms with Crippen molar-refractivity contribution in [2.75, 3.05) is 0 Å². The van der Waals surface area contributed by atoms with Gasteiger partial charge in [-0.1, -0.05) is 48.5 Å². The first kappa shape index (κ1) is 23.1. The summed E-state index contributed by atoms with van der Waals surface area (Å²) in [6.45, 7) is 1.74. The van der Waals surface area contributed by atoms with Crippen LogP contribution in [0.1, 0.15) is 27.0 Å². The van der Waals surface area contributed by atoms with Gasteiger partial charge in [0.1, 0.15) is 5.82 Å². The Morgan fingerprint density at radius 2 is 1.56 bits per heavy atom. The maximum Gasteiger partial charge on any atom is 0.269 e. The molecule has 0 bridgehead atoms. The first-order chi connectivity index (χ1) is 15.2. The zero-order valence-electron chi connectivity index (χ0n) is 17.3. The van der Waals surface area contributed by atoms with Crippen LogP contribution >= 0.6 is 0 Å². The molecule has 0 unspecified atom stereocenters. The molecule has 7 nitrogen and oxygen atoms in total. The lowest BCUT2D eigenvalue weighted by molar-refractivity contribution is -0.121. The summed E-state index contributed by atoms with van der Waals surface area (Å²) in [5.41, 5.74) is 6.44. The largest absolute Gasteiger partial charge is 0.273 e. The third kappa shape index (κ3) is 6.22. The molecule has 0 atom stereocenters. The molecule has 2 amide bonds. The Kier molecular flexibility index (Phi) is 7.34. The number of hydrogen-bond acceptors (Lipinski definition) is 4. The number of amides is 2. The molecule has 0 aliphatic heterocycles. The topological polar surface area (TPSA) is 104 Å². The predicted octanol–water partition coefficient (Wildman–Crippen LogP) is 2.62. The fraction of sp³-hybridized carbons (Fsp3) is 0.130. The third-order valence-electron chi connectivity index (χ3n) is 4.64. The SMILES string of the molecule is Cc1ccc(C(=O)NNC(=O)Cc2ccc(F)cc2)cc1S(=O)(=O)NCc1ccccc1. The van der Waals surface area contributed by atoms with Crippen LogP contribution in [0.5, 0.6) is 0 Å². The van der Waals surface area contributed by atoms with E-state index in [1.54, 1.807) is 19.1 Å². The molecule has 0 aliphatic carbocycles. The minimum absolute atomic E-state index is 0.0290. The monoisotopic (exact) mass is 455 g/mol. The molecule has 0 spiro atoms. The van der Waals surface area contributed by atoms with Gasteiger partial charge in [-0.05, 0) is 47.9 Å². The molecule has 3 rings (SSSR count). The fourth-order valence-corrected chi connectivity index (χ4v) is 4.20. The van der Waals surface area contributed by atoms with Crippen molar-refractivity contribution in [1.82, 2.24) is 15.6 Å². The zero-order valence-corrected chi connectivity index (χ0v) is 18.1. The van der Waals surface area contributed by atoms with Gasteiger partial charge in [0.05, 0.1) is 11.3 Å². The maximum atomic E-state index is 12.9. The van der Waals surface area contributed by atoms with E-state index >= 15 is 0 Å². The lowest BCUT2D eigenvalue weighted by Gasteiger charge is -2.12. The molecule has 32 heavy (non-hydrogen) atoms. The van der Waals surface area contributed by atoms with E-state index in [0.717, 1.165) is 5.56 Å². The molecule has 9 heteroatoms. The van der Waals surface area contributed by atoms with Crippen LogP contribution in [0.25, 0.3) is 0 Å². The van der Waals surface area contributed by atoms with Crippen molar-refractivity contribution in [3.8, 4) is 0 Å². The number of sulfonamides is 1. The summed E-state index contributed by atoms with van der Waals surface area (Å²) in [5, 5.41) is 0. The summed E-state index contributed by atoms with van der Waals surface area (Å²) < 4.78 is 41.0. The van der Waals surface area contributed by atoms with Gasteiger partial charge in [-0.15, -0.1) is 0 Å². The third-order valence-corrected chi connectivity index (χ3v) is 6.19. The van der Waals surface area contributed by atoms with Gasteiger partial charge >= 0.3 is 0 Å². The predicted molar refractivity (Wildman–Crippen MR) is 117 cm³/mol. The Hall–Kier alpha value is -3.56. The molecule has 0 aliphatic rings. The second-order valence-corrected chi connectivity index (χ2v) is 8.83. The summed E-state index contributed by atoms with van der Waals surface area (Å²) >= 11 is 0. The van der Waals surface area contributed by atoms with E-state index in [1.807, 2.05) is 18.2 Å².